The second kappa shape index (κ2) is 9.75. The van der Waals surface area contributed by atoms with Gasteiger partial charge in [-0.25, -0.2) is 4.79 Å². The van der Waals surface area contributed by atoms with E-state index in [1.54, 1.807) is 0 Å². The minimum absolute atomic E-state index is 0.0221. The highest BCUT2D eigenvalue weighted by atomic mass is 19.4. The molecule has 0 spiro atoms. The van der Waals surface area contributed by atoms with Gasteiger partial charge in [-0.2, -0.15) is 13.2 Å². The summed E-state index contributed by atoms with van der Waals surface area (Å²) in [6.07, 6.45) is -2.65. The Morgan fingerprint density at radius 3 is 2.50 bits per heavy atom. The Hall–Kier alpha value is -3.50. The Balaban J connectivity index is 1.77. The summed E-state index contributed by atoms with van der Waals surface area (Å²) in [5, 5.41) is 10.4. The largest absolute Gasteiger partial charge is 0.417 e. The first-order valence-electron chi connectivity index (χ1n) is 10.2. The van der Waals surface area contributed by atoms with E-state index in [-0.39, 0.29) is 24.6 Å². The van der Waals surface area contributed by atoms with Crippen LogP contribution in [0.5, 0.6) is 0 Å². The van der Waals surface area contributed by atoms with Crippen molar-refractivity contribution in [2.75, 3.05) is 24.5 Å². The van der Waals surface area contributed by atoms with Crippen molar-refractivity contribution in [1.82, 2.24) is 20.4 Å². The van der Waals surface area contributed by atoms with Crippen molar-refractivity contribution < 1.29 is 27.6 Å². The molecule has 0 unspecified atom stereocenters. The third-order valence-electron chi connectivity index (χ3n) is 4.91. The molecule has 1 N–H and O–H groups in total. The van der Waals surface area contributed by atoms with Gasteiger partial charge in [0.2, 0.25) is 0 Å². The van der Waals surface area contributed by atoms with Crippen molar-refractivity contribution in [2.45, 2.75) is 32.4 Å². The van der Waals surface area contributed by atoms with Crippen LogP contribution in [-0.4, -0.2) is 52.6 Å². The quantitative estimate of drug-likeness (QED) is 0.681. The first-order chi connectivity index (χ1) is 15.2. The molecular formula is C21H22F3N5O3. The van der Waals surface area contributed by atoms with Crippen LogP contribution in [0, 0.1) is 0 Å². The smallest absolute Gasteiger partial charge is 0.351 e. The van der Waals surface area contributed by atoms with E-state index < -0.39 is 35.1 Å². The van der Waals surface area contributed by atoms with Crippen molar-refractivity contribution in [3.05, 3.63) is 53.2 Å². The lowest BCUT2D eigenvalue weighted by molar-refractivity contribution is -0.138. The Kier molecular flexibility index (Phi) is 7.06. The van der Waals surface area contributed by atoms with Gasteiger partial charge < -0.3 is 5.32 Å². The standard InChI is InChI=1S/C21H22F3N5O3/c1-2-3-11-25-18(30)16-9-10-17(27-26-16)28-12-6-13-29(20(28)32)19(31)14-7-4-5-8-15(14)21(22,23)24/h4-5,7-10H,2-3,6,11-13H2,1H3,(H,25,30). The summed E-state index contributed by atoms with van der Waals surface area (Å²) in [5.41, 5.74) is -1.63. The average molecular weight is 449 g/mol. The van der Waals surface area contributed by atoms with E-state index in [0.717, 1.165) is 34.8 Å². The number of alkyl halides is 3. The molecule has 0 bridgehead atoms. The average Bonchev–Trinajstić information content (AvgIpc) is 2.78. The molecule has 4 amide bonds. The fraction of sp³-hybridized carbons (Fsp3) is 0.381. The second-order valence-corrected chi connectivity index (χ2v) is 7.17. The maximum Gasteiger partial charge on any atom is 0.417 e. The molecule has 3 rings (SSSR count). The molecule has 170 valence electrons. The molecular weight excluding hydrogens is 427 g/mol. The molecule has 1 saturated heterocycles. The number of anilines is 1. The number of amides is 4. The maximum absolute atomic E-state index is 13.3. The van der Waals surface area contributed by atoms with E-state index in [9.17, 15) is 27.6 Å². The number of aromatic nitrogens is 2. The lowest BCUT2D eigenvalue weighted by Crippen LogP contribution is -2.52. The SMILES string of the molecule is CCCCNC(=O)c1ccc(N2CCCN(C(=O)c3ccccc3C(F)(F)F)C2=O)nn1. The van der Waals surface area contributed by atoms with E-state index >= 15 is 0 Å². The Labute approximate surface area is 182 Å². The molecule has 2 aromatic rings. The summed E-state index contributed by atoms with van der Waals surface area (Å²) in [4.78, 5) is 39.7. The highest BCUT2D eigenvalue weighted by Crippen LogP contribution is 2.33. The number of benzene rings is 1. The Morgan fingerprint density at radius 1 is 1.09 bits per heavy atom. The van der Waals surface area contributed by atoms with Crippen LogP contribution in [0.3, 0.4) is 0 Å². The molecule has 1 aliphatic heterocycles. The lowest BCUT2D eigenvalue weighted by Gasteiger charge is -2.33. The fourth-order valence-corrected chi connectivity index (χ4v) is 3.25. The number of urea groups is 1. The highest BCUT2D eigenvalue weighted by Gasteiger charge is 2.39. The van der Waals surface area contributed by atoms with Crippen LogP contribution >= 0.6 is 0 Å². The first-order valence-corrected chi connectivity index (χ1v) is 10.2. The molecule has 1 fully saturated rings. The number of imide groups is 1. The van der Waals surface area contributed by atoms with Crippen LogP contribution in [0.1, 0.15) is 52.6 Å². The Bertz CT molecular complexity index is 995. The molecule has 32 heavy (non-hydrogen) atoms. The summed E-state index contributed by atoms with van der Waals surface area (Å²) >= 11 is 0. The molecule has 0 aliphatic carbocycles. The highest BCUT2D eigenvalue weighted by molar-refractivity contribution is 6.09. The van der Waals surface area contributed by atoms with E-state index in [0.29, 0.717) is 13.0 Å². The van der Waals surface area contributed by atoms with Crippen LogP contribution < -0.4 is 10.2 Å². The summed E-state index contributed by atoms with van der Waals surface area (Å²) in [6, 6.07) is 6.35. The van der Waals surface area contributed by atoms with E-state index in [4.69, 9.17) is 0 Å². The normalized spacial score (nSPS) is 14.4. The van der Waals surface area contributed by atoms with E-state index in [1.165, 1.54) is 24.3 Å². The van der Waals surface area contributed by atoms with Gasteiger partial charge in [0, 0.05) is 19.6 Å². The minimum Gasteiger partial charge on any atom is -0.351 e. The molecule has 0 saturated carbocycles. The van der Waals surface area contributed by atoms with Gasteiger partial charge >= 0.3 is 12.2 Å². The lowest BCUT2D eigenvalue weighted by atomic mass is 10.1. The zero-order valence-electron chi connectivity index (χ0n) is 17.4. The van der Waals surface area contributed by atoms with Gasteiger partial charge in [0.25, 0.3) is 11.8 Å². The van der Waals surface area contributed by atoms with Crippen molar-refractivity contribution in [3.8, 4) is 0 Å². The molecule has 0 radical (unpaired) electrons. The number of nitrogens with one attached hydrogen (secondary N) is 1. The summed E-state index contributed by atoms with van der Waals surface area (Å²) in [5.74, 6) is -1.34. The molecule has 1 aromatic carbocycles. The molecule has 1 aromatic heterocycles. The molecule has 8 nitrogen and oxygen atoms in total. The van der Waals surface area contributed by atoms with Gasteiger partial charge in [0.1, 0.15) is 0 Å². The summed E-state index contributed by atoms with van der Waals surface area (Å²) in [7, 11) is 0. The number of carbonyl (C=O) groups excluding carboxylic acids is 3. The van der Waals surface area contributed by atoms with Crippen molar-refractivity contribution in [3.63, 3.8) is 0 Å². The summed E-state index contributed by atoms with van der Waals surface area (Å²) < 4.78 is 39.9. The molecule has 2 heterocycles. The van der Waals surface area contributed by atoms with Gasteiger partial charge in [-0.15, -0.1) is 10.2 Å². The van der Waals surface area contributed by atoms with E-state index in [1.807, 2.05) is 6.92 Å². The van der Waals surface area contributed by atoms with E-state index in [2.05, 4.69) is 15.5 Å². The monoisotopic (exact) mass is 449 g/mol. The predicted octanol–water partition coefficient (Wildman–Crippen LogP) is 3.50. The zero-order valence-corrected chi connectivity index (χ0v) is 17.4. The van der Waals surface area contributed by atoms with Crippen molar-refractivity contribution in [2.24, 2.45) is 0 Å². The van der Waals surface area contributed by atoms with Gasteiger partial charge in [0.15, 0.2) is 11.5 Å². The van der Waals surface area contributed by atoms with Crippen LogP contribution in [0.2, 0.25) is 0 Å². The van der Waals surface area contributed by atoms with Crippen LogP contribution in [0.25, 0.3) is 0 Å². The third-order valence-corrected chi connectivity index (χ3v) is 4.91. The Morgan fingerprint density at radius 2 is 1.84 bits per heavy atom. The number of hydrogen-bond acceptors (Lipinski definition) is 5. The van der Waals surface area contributed by atoms with Crippen molar-refractivity contribution >= 4 is 23.7 Å². The van der Waals surface area contributed by atoms with Crippen LogP contribution in [0.4, 0.5) is 23.8 Å². The summed E-state index contributed by atoms with van der Waals surface area (Å²) in [6.45, 7) is 2.68. The number of halogens is 3. The number of carbonyl (C=O) groups is 3. The third kappa shape index (κ3) is 5.04. The topological polar surface area (TPSA) is 95.5 Å². The molecule has 0 atom stereocenters. The van der Waals surface area contributed by atoms with Gasteiger partial charge in [-0.05, 0) is 37.1 Å². The van der Waals surface area contributed by atoms with Crippen LogP contribution in [-0.2, 0) is 6.18 Å². The van der Waals surface area contributed by atoms with Gasteiger partial charge in [-0.3, -0.25) is 19.4 Å². The molecule has 11 heteroatoms. The predicted molar refractivity (Wildman–Crippen MR) is 109 cm³/mol. The van der Waals surface area contributed by atoms with Crippen LogP contribution in [0.15, 0.2) is 36.4 Å². The van der Waals surface area contributed by atoms with Crippen molar-refractivity contribution in [1.29, 1.82) is 0 Å². The van der Waals surface area contributed by atoms with Gasteiger partial charge in [-0.1, -0.05) is 25.5 Å². The molecule has 1 aliphatic rings. The number of hydrogen-bond donors (Lipinski definition) is 1. The number of unbranched alkanes of at least 4 members (excludes halogenated alkanes) is 1. The second-order valence-electron chi connectivity index (χ2n) is 7.17. The fourth-order valence-electron chi connectivity index (χ4n) is 3.25. The minimum atomic E-state index is -4.73. The zero-order chi connectivity index (χ0) is 23.3. The maximum atomic E-state index is 13.3. The number of rotatable bonds is 6. The van der Waals surface area contributed by atoms with Gasteiger partial charge in [0.05, 0.1) is 11.1 Å². The number of nitrogens with zero attached hydrogens (tertiary/aromatic N) is 4. The first kappa shape index (κ1) is 23.2.